The van der Waals surface area contributed by atoms with Crippen molar-refractivity contribution in [2.45, 2.75) is 21.1 Å². The first-order valence-corrected chi connectivity index (χ1v) is 13.1. The van der Waals surface area contributed by atoms with E-state index in [1.54, 1.807) is 6.07 Å². The third-order valence-corrected chi connectivity index (χ3v) is 9.17. The predicted molar refractivity (Wildman–Crippen MR) is 143 cm³/mol. The molecule has 0 fully saturated rings. The number of benzene rings is 4. The van der Waals surface area contributed by atoms with E-state index in [4.69, 9.17) is 23.2 Å². The molecular weight excluding hydrogens is 475 g/mol. The van der Waals surface area contributed by atoms with Gasteiger partial charge < -0.3 is 0 Å². The highest BCUT2D eigenvalue weighted by atomic mass is 35.5. The van der Waals surface area contributed by atoms with Crippen LogP contribution in [0.4, 0.5) is 0 Å². The Morgan fingerprint density at radius 2 is 1.38 bits per heavy atom. The number of hydrogen-bond acceptors (Lipinski definition) is 1. The Hall–Kier alpha value is -2.71. The average molecular weight is 495 g/mol. The van der Waals surface area contributed by atoms with Gasteiger partial charge in [-0.2, -0.15) is 0 Å². The van der Waals surface area contributed by atoms with Crippen LogP contribution in [-0.4, -0.2) is 0 Å². The molecule has 1 heterocycles. The highest BCUT2D eigenvalue weighted by Gasteiger charge is 2.55. The number of rotatable bonds is 1. The van der Waals surface area contributed by atoms with Crippen LogP contribution in [0.1, 0.15) is 28.2 Å². The van der Waals surface area contributed by atoms with E-state index in [9.17, 15) is 0 Å². The van der Waals surface area contributed by atoms with Gasteiger partial charge in [-0.15, -0.1) is 0 Å². The van der Waals surface area contributed by atoms with E-state index in [0.29, 0.717) is 21.9 Å². The molecule has 2 aliphatic carbocycles. The first-order valence-electron chi connectivity index (χ1n) is 11.5. The summed E-state index contributed by atoms with van der Waals surface area (Å²) in [5.41, 5.74) is 7.58. The first-order chi connectivity index (χ1) is 16.7. The van der Waals surface area contributed by atoms with Gasteiger partial charge in [0, 0.05) is 31.7 Å². The van der Waals surface area contributed by atoms with Crippen molar-refractivity contribution in [3.8, 4) is 11.1 Å². The third kappa shape index (κ3) is 2.75. The molecule has 0 radical (unpaired) electrons. The molecule has 3 unspecified atom stereocenters. The number of fused-ring (bicyclic) bond motifs is 9. The van der Waals surface area contributed by atoms with Crippen LogP contribution < -0.4 is 0 Å². The SMILES string of the molecule is Clc1cc(Cl)cc(-c2cccc3c2Sc2ccccc2C32c3ccccc3C3C=CC=CC32)c1. The van der Waals surface area contributed by atoms with Crippen LogP contribution in [0, 0.1) is 5.92 Å². The van der Waals surface area contributed by atoms with Crippen LogP contribution >= 0.6 is 35.0 Å². The standard InChI is InChI=1S/C31H20Cl2S/c32-20-16-19(17-21(33)18-20)22-10-7-14-28-30(22)34-29-15-6-5-13-27(29)31(28)25-11-3-1-8-23(25)24-9-2-4-12-26(24)31/h1-18,23,25H. The summed E-state index contributed by atoms with van der Waals surface area (Å²) in [5, 5.41) is 1.31. The lowest BCUT2D eigenvalue weighted by Crippen LogP contribution is -2.37. The van der Waals surface area contributed by atoms with Gasteiger partial charge in [-0.25, -0.2) is 0 Å². The van der Waals surface area contributed by atoms with Gasteiger partial charge in [0.2, 0.25) is 0 Å². The highest BCUT2D eigenvalue weighted by molar-refractivity contribution is 7.99. The second-order valence-corrected chi connectivity index (χ2v) is 11.1. The lowest BCUT2D eigenvalue weighted by atomic mass is 9.62. The van der Waals surface area contributed by atoms with Crippen molar-refractivity contribution >= 4 is 35.0 Å². The lowest BCUT2D eigenvalue weighted by Gasteiger charge is -2.44. The fourth-order valence-corrected chi connectivity index (χ4v) is 8.19. The van der Waals surface area contributed by atoms with Crippen molar-refractivity contribution in [3.63, 3.8) is 0 Å². The van der Waals surface area contributed by atoms with Crippen LogP contribution in [0.3, 0.4) is 0 Å². The normalized spacial score (nSPS) is 23.4. The van der Waals surface area contributed by atoms with Crippen molar-refractivity contribution in [1.29, 1.82) is 0 Å². The van der Waals surface area contributed by atoms with Crippen LogP contribution in [0.5, 0.6) is 0 Å². The van der Waals surface area contributed by atoms with Crippen LogP contribution in [0.2, 0.25) is 10.0 Å². The molecule has 0 N–H and O–H groups in total. The Kier molecular flexibility index (Phi) is 4.64. The van der Waals surface area contributed by atoms with Crippen LogP contribution in [0.25, 0.3) is 11.1 Å². The van der Waals surface area contributed by atoms with Crippen molar-refractivity contribution in [1.82, 2.24) is 0 Å². The summed E-state index contributed by atoms with van der Waals surface area (Å²) in [6.07, 6.45) is 9.22. The molecule has 0 amide bonds. The zero-order valence-electron chi connectivity index (χ0n) is 18.2. The molecule has 0 saturated carbocycles. The number of allylic oxidation sites excluding steroid dienone is 4. The predicted octanol–water partition coefficient (Wildman–Crippen LogP) is 9.30. The molecule has 7 rings (SSSR count). The number of halogens is 2. The summed E-state index contributed by atoms with van der Waals surface area (Å²) in [4.78, 5) is 2.60. The summed E-state index contributed by atoms with van der Waals surface area (Å²) < 4.78 is 0. The molecule has 0 aromatic heterocycles. The first kappa shape index (κ1) is 20.6. The van der Waals surface area contributed by atoms with Crippen molar-refractivity contribution in [2.24, 2.45) is 5.92 Å². The van der Waals surface area contributed by atoms with Gasteiger partial charge in [-0.05, 0) is 57.6 Å². The van der Waals surface area contributed by atoms with E-state index in [-0.39, 0.29) is 5.41 Å². The molecule has 34 heavy (non-hydrogen) atoms. The smallest absolute Gasteiger partial charge is 0.0548 e. The Morgan fingerprint density at radius 1 is 0.676 bits per heavy atom. The second kappa shape index (κ2) is 7.65. The maximum absolute atomic E-state index is 6.43. The third-order valence-electron chi connectivity index (χ3n) is 7.52. The topological polar surface area (TPSA) is 0 Å². The van der Waals surface area contributed by atoms with E-state index in [1.165, 1.54) is 37.6 Å². The minimum atomic E-state index is -0.252. The van der Waals surface area contributed by atoms with E-state index in [0.717, 1.165) is 5.56 Å². The van der Waals surface area contributed by atoms with Gasteiger partial charge in [-0.1, -0.05) is 120 Å². The van der Waals surface area contributed by atoms with Gasteiger partial charge in [0.1, 0.15) is 0 Å². The molecular formula is C31H20Cl2S. The number of hydrogen-bond donors (Lipinski definition) is 0. The Balaban J connectivity index is 1.60. The summed E-state index contributed by atoms with van der Waals surface area (Å²) in [7, 11) is 0. The van der Waals surface area contributed by atoms with E-state index < -0.39 is 0 Å². The van der Waals surface area contributed by atoms with E-state index in [1.807, 2.05) is 23.9 Å². The molecule has 1 aliphatic heterocycles. The van der Waals surface area contributed by atoms with Gasteiger partial charge >= 0.3 is 0 Å². The fourth-order valence-electron chi connectivity index (χ4n) is 6.32. The zero-order chi connectivity index (χ0) is 22.9. The Morgan fingerprint density at radius 3 is 2.24 bits per heavy atom. The Labute approximate surface area is 213 Å². The second-order valence-electron chi connectivity index (χ2n) is 9.16. The van der Waals surface area contributed by atoms with E-state index >= 15 is 0 Å². The zero-order valence-corrected chi connectivity index (χ0v) is 20.5. The van der Waals surface area contributed by atoms with Gasteiger partial charge in [0.25, 0.3) is 0 Å². The summed E-state index contributed by atoms with van der Waals surface area (Å²) in [5.74, 6) is 0.670. The minimum absolute atomic E-state index is 0.252. The summed E-state index contributed by atoms with van der Waals surface area (Å²) in [6, 6.07) is 30.5. The maximum atomic E-state index is 6.43. The van der Waals surface area contributed by atoms with Gasteiger partial charge in [0.05, 0.1) is 5.41 Å². The van der Waals surface area contributed by atoms with Crippen molar-refractivity contribution in [2.75, 3.05) is 0 Å². The minimum Gasteiger partial charge on any atom is -0.0888 e. The quantitative estimate of drug-likeness (QED) is 0.254. The van der Waals surface area contributed by atoms with Gasteiger partial charge in [-0.3, -0.25) is 0 Å². The van der Waals surface area contributed by atoms with Crippen molar-refractivity contribution < 1.29 is 0 Å². The molecule has 164 valence electrons. The molecule has 3 atom stereocenters. The molecule has 1 spiro atoms. The monoisotopic (exact) mass is 494 g/mol. The maximum Gasteiger partial charge on any atom is 0.0548 e. The fraction of sp³-hybridized carbons (Fsp3) is 0.0968. The van der Waals surface area contributed by atoms with Crippen LogP contribution in [0.15, 0.2) is 119 Å². The molecule has 3 heteroatoms. The molecule has 0 nitrogen and oxygen atoms in total. The molecule has 3 aliphatic rings. The molecule has 0 saturated heterocycles. The van der Waals surface area contributed by atoms with Crippen molar-refractivity contribution in [3.05, 3.63) is 142 Å². The summed E-state index contributed by atoms with van der Waals surface area (Å²) in [6.45, 7) is 0. The molecule has 4 aromatic rings. The van der Waals surface area contributed by atoms with Gasteiger partial charge in [0.15, 0.2) is 0 Å². The largest absolute Gasteiger partial charge is 0.0888 e. The van der Waals surface area contributed by atoms with Crippen LogP contribution in [-0.2, 0) is 5.41 Å². The highest BCUT2D eigenvalue weighted by Crippen LogP contribution is 2.65. The van der Waals surface area contributed by atoms with E-state index in [2.05, 4.69) is 91.0 Å². The lowest BCUT2D eigenvalue weighted by molar-refractivity contribution is 0.442. The molecule has 0 bridgehead atoms. The Bertz CT molecular complexity index is 1510. The average Bonchev–Trinajstić information content (AvgIpc) is 3.15. The summed E-state index contributed by atoms with van der Waals surface area (Å²) >= 11 is 14.7. The molecule has 4 aromatic carbocycles.